The minimum Gasteiger partial charge on any atom is -0.370 e. The fourth-order valence-electron chi connectivity index (χ4n) is 3.41. The van der Waals surface area contributed by atoms with Crippen molar-refractivity contribution in [1.82, 2.24) is 0 Å². The number of nitrogens with two attached hydrogens (primary N) is 1. The molecule has 2 bridgehead atoms. The van der Waals surface area contributed by atoms with Gasteiger partial charge in [-0.2, -0.15) is 0 Å². The summed E-state index contributed by atoms with van der Waals surface area (Å²) in [7, 11) is 0. The molecule has 3 atom stereocenters. The Kier molecular flexibility index (Phi) is 2.60. The highest BCUT2D eigenvalue weighted by atomic mass is 79.9. The van der Waals surface area contributed by atoms with E-state index in [4.69, 9.17) is 5.73 Å². The number of carbonyl (C=O) groups excluding carboxylic acids is 2. The molecule has 3 nitrogen and oxygen atoms in total. The second kappa shape index (κ2) is 3.31. The topological polar surface area (TPSA) is 60.2 Å². The minimum absolute atomic E-state index is 0.0116. The molecule has 0 heterocycles. The smallest absolute Gasteiger partial charge is 0.218 e. The Labute approximate surface area is 112 Å². The Bertz CT molecular complexity index is 382. The summed E-state index contributed by atoms with van der Waals surface area (Å²) >= 11 is 7.18. The Morgan fingerprint density at radius 3 is 2.44 bits per heavy atom. The summed E-state index contributed by atoms with van der Waals surface area (Å²) < 4.78 is -0.508. The zero-order valence-corrected chi connectivity index (χ0v) is 12.5. The van der Waals surface area contributed by atoms with Gasteiger partial charge in [0.05, 0.1) is 4.32 Å². The van der Waals surface area contributed by atoms with Crippen LogP contribution in [0.5, 0.6) is 0 Å². The van der Waals surface area contributed by atoms with Crippen molar-refractivity contribution in [2.75, 3.05) is 0 Å². The molecule has 2 aliphatic rings. The fourth-order valence-corrected chi connectivity index (χ4v) is 5.94. The molecule has 0 aliphatic heterocycles. The van der Waals surface area contributed by atoms with E-state index in [2.05, 4.69) is 31.9 Å². The van der Waals surface area contributed by atoms with E-state index in [0.717, 1.165) is 12.8 Å². The van der Waals surface area contributed by atoms with Crippen molar-refractivity contribution in [3.63, 3.8) is 0 Å². The molecule has 2 aliphatic carbocycles. The lowest BCUT2D eigenvalue weighted by Crippen LogP contribution is -2.44. The number of alkyl halides is 2. The third-order valence-corrected chi connectivity index (χ3v) is 7.99. The molecular weight excluding hydrogens is 338 g/mol. The average Bonchev–Trinajstić information content (AvgIpc) is 2.46. The van der Waals surface area contributed by atoms with E-state index >= 15 is 0 Å². The second-order valence-corrected chi connectivity index (χ2v) is 7.81. The molecule has 0 aromatic heterocycles. The molecule has 0 saturated heterocycles. The Balaban J connectivity index is 2.52. The highest BCUT2D eigenvalue weighted by Crippen LogP contribution is 2.70. The van der Waals surface area contributed by atoms with E-state index in [1.54, 1.807) is 0 Å². The number of fused-ring (bicyclic) bond motifs is 2. The molecule has 0 unspecified atom stereocenters. The molecule has 0 radical (unpaired) electrons. The van der Waals surface area contributed by atoms with Gasteiger partial charge in [0.15, 0.2) is 5.78 Å². The first-order chi connectivity index (χ1) is 7.18. The third-order valence-electron chi connectivity index (χ3n) is 4.50. The maximum absolute atomic E-state index is 12.4. The van der Waals surface area contributed by atoms with Crippen LogP contribution in [-0.2, 0) is 9.59 Å². The number of halogens is 2. The maximum Gasteiger partial charge on any atom is 0.218 e. The number of primary amides is 1. The predicted octanol–water partition coefficient (Wildman–Crippen LogP) is 2.15. The molecule has 1 amide bonds. The fraction of sp³-hybridized carbons (Fsp3) is 0.818. The van der Waals surface area contributed by atoms with Crippen molar-refractivity contribution >= 4 is 43.6 Å². The lowest BCUT2D eigenvalue weighted by atomic mass is 9.62. The number of carbonyl (C=O) groups is 2. The zero-order valence-electron chi connectivity index (χ0n) is 9.35. The Hall–Kier alpha value is 0.1000. The first-order valence-electron chi connectivity index (χ1n) is 5.35. The number of amides is 1. The average molecular weight is 353 g/mol. The van der Waals surface area contributed by atoms with Gasteiger partial charge in [0.2, 0.25) is 5.91 Å². The van der Waals surface area contributed by atoms with Crippen molar-refractivity contribution in [3.8, 4) is 0 Å². The van der Waals surface area contributed by atoms with Crippen molar-refractivity contribution in [2.45, 2.75) is 42.3 Å². The van der Waals surface area contributed by atoms with Gasteiger partial charge >= 0.3 is 0 Å². The minimum atomic E-state index is -0.508. The van der Waals surface area contributed by atoms with Crippen LogP contribution in [0.15, 0.2) is 0 Å². The second-order valence-electron chi connectivity index (χ2n) is 5.48. The molecule has 90 valence electrons. The summed E-state index contributed by atoms with van der Waals surface area (Å²) in [6.45, 7) is 3.85. The summed E-state index contributed by atoms with van der Waals surface area (Å²) in [5, 5.41) is 0. The van der Waals surface area contributed by atoms with Crippen LogP contribution in [0.4, 0.5) is 0 Å². The van der Waals surface area contributed by atoms with Crippen LogP contribution in [0, 0.1) is 10.8 Å². The molecule has 0 aromatic carbocycles. The molecule has 0 aromatic rings. The van der Waals surface area contributed by atoms with E-state index in [0.29, 0.717) is 0 Å². The first kappa shape index (κ1) is 12.6. The van der Waals surface area contributed by atoms with E-state index < -0.39 is 9.74 Å². The molecule has 2 N–H and O–H groups in total. The van der Waals surface area contributed by atoms with Crippen LogP contribution < -0.4 is 5.73 Å². The van der Waals surface area contributed by atoms with E-state index in [-0.39, 0.29) is 28.4 Å². The molecule has 2 saturated carbocycles. The van der Waals surface area contributed by atoms with Gasteiger partial charge in [0.1, 0.15) is 0 Å². The maximum atomic E-state index is 12.4. The summed E-state index contributed by atoms with van der Waals surface area (Å²) in [5.74, 6) is -0.140. The first-order valence-corrected chi connectivity index (χ1v) is 7.05. The lowest BCUT2D eigenvalue weighted by Gasteiger charge is -2.41. The van der Waals surface area contributed by atoms with Gasteiger partial charge < -0.3 is 5.73 Å². The van der Waals surface area contributed by atoms with Gasteiger partial charge in [-0.15, -0.1) is 0 Å². The highest BCUT2D eigenvalue weighted by Gasteiger charge is 2.74. The van der Waals surface area contributed by atoms with Crippen molar-refractivity contribution in [1.29, 1.82) is 0 Å². The van der Waals surface area contributed by atoms with E-state index in [1.807, 2.05) is 13.8 Å². The molecule has 2 rings (SSSR count). The SMILES string of the molecule is CC1(C)C(=O)[C@@]2(Br)CC[C@@]1(CC(N)=O)[C@@H]2Br. The summed E-state index contributed by atoms with van der Waals surface area (Å²) in [6.07, 6.45) is 1.91. The van der Waals surface area contributed by atoms with Crippen LogP contribution in [0.25, 0.3) is 0 Å². The molecule has 0 spiro atoms. The van der Waals surface area contributed by atoms with Crippen molar-refractivity contribution in [2.24, 2.45) is 16.6 Å². The van der Waals surface area contributed by atoms with Crippen LogP contribution in [-0.4, -0.2) is 20.8 Å². The Morgan fingerprint density at radius 2 is 2.06 bits per heavy atom. The molecular formula is C11H15Br2NO2. The van der Waals surface area contributed by atoms with Gasteiger partial charge in [-0.05, 0) is 12.8 Å². The van der Waals surface area contributed by atoms with Gasteiger partial charge in [-0.1, -0.05) is 45.7 Å². The van der Waals surface area contributed by atoms with Gasteiger partial charge in [0.25, 0.3) is 0 Å². The van der Waals surface area contributed by atoms with Crippen molar-refractivity contribution in [3.05, 3.63) is 0 Å². The van der Waals surface area contributed by atoms with Crippen molar-refractivity contribution < 1.29 is 9.59 Å². The molecule has 2 fully saturated rings. The monoisotopic (exact) mass is 351 g/mol. The zero-order chi connectivity index (χ0) is 12.4. The van der Waals surface area contributed by atoms with E-state index in [9.17, 15) is 9.59 Å². The van der Waals surface area contributed by atoms with Gasteiger partial charge in [0, 0.05) is 22.1 Å². The number of hydrogen-bond donors (Lipinski definition) is 1. The number of rotatable bonds is 2. The molecule has 16 heavy (non-hydrogen) atoms. The molecule has 5 heteroatoms. The van der Waals surface area contributed by atoms with Crippen LogP contribution >= 0.6 is 31.9 Å². The van der Waals surface area contributed by atoms with Gasteiger partial charge in [-0.3, -0.25) is 9.59 Å². The van der Waals surface area contributed by atoms with Crippen LogP contribution in [0.2, 0.25) is 0 Å². The standard InChI is InChI=1S/C11H15Br2NO2/c1-9(2)8(16)11(13)4-3-10(9,7(11)12)5-6(14)15/h7H,3-5H2,1-2H3,(H2,14,15)/t7-,10+,11+/m0/s1. The summed E-state index contributed by atoms with van der Waals surface area (Å²) in [6, 6.07) is 0. The van der Waals surface area contributed by atoms with Gasteiger partial charge in [-0.25, -0.2) is 0 Å². The lowest BCUT2D eigenvalue weighted by molar-refractivity contribution is -0.133. The third kappa shape index (κ3) is 1.19. The quantitative estimate of drug-likeness (QED) is 0.774. The largest absolute Gasteiger partial charge is 0.370 e. The predicted molar refractivity (Wildman–Crippen MR) is 68.6 cm³/mol. The Morgan fingerprint density at radius 1 is 1.50 bits per heavy atom. The van der Waals surface area contributed by atoms with E-state index in [1.165, 1.54) is 0 Å². The number of Topliss-reactive ketones (excluding diaryl/α,β-unsaturated/α-hetero) is 1. The number of ketones is 1. The van der Waals surface area contributed by atoms with Crippen LogP contribution in [0.3, 0.4) is 0 Å². The normalized spacial score (nSPS) is 45.0. The van der Waals surface area contributed by atoms with Crippen LogP contribution in [0.1, 0.15) is 33.1 Å². The summed E-state index contributed by atoms with van der Waals surface area (Å²) in [5.41, 5.74) is 4.50. The summed E-state index contributed by atoms with van der Waals surface area (Å²) in [4.78, 5) is 23.6. The number of hydrogen-bond acceptors (Lipinski definition) is 2. The highest BCUT2D eigenvalue weighted by molar-refractivity contribution is 9.13.